The van der Waals surface area contributed by atoms with Crippen LogP contribution in [0.4, 0.5) is 19.1 Å². The van der Waals surface area contributed by atoms with Gasteiger partial charge in [-0.1, -0.05) is 0 Å². The van der Waals surface area contributed by atoms with E-state index in [2.05, 4.69) is 9.97 Å². The zero-order valence-corrected chi connectivity index (χ0v) is 7.41. The zero-order chi connectivity index (χ0) is 10.1. The molecule has 0 fully saturated rings. The third-order valence-corrected chi connectivity index (χ3v) is 1.97. The van der Waals surface area contributed by atoms with Gasteiger partial charge in [-0.25, -0.2) is 9.97 Å². The lowest BCUT2D eigenvalue weighted by Gasteiger charge is -2.09. The highest BCUT2D eigenvalue weighted by atomic mass is 32.2. The summed E-state index contributed by atoms with van der Waals surface area (Å²) >= 11 is 0.885. The summed E-state index contributed by atoms with van der Waals surface area (Å²) in [4.78, 5) is 6.76. The highest BCUT2D eigenvalue weighted by molar-refractivity contribution is 7.98. The lowest BCUT2D eigenvalue weighted by Crippen LogP contribution is -2.10. The molecule has 0 saturated heterocycles. The molecule has 7 heteroatoms. The molecule has 0 unspecified atom stereocenters. The minimum atomic E-state index is -4.42. The third-order valence-electron chi connectivity index (χ3n) is 1.27. The van der Waals surface area contributed by atoms with Crippen molar-refractivity contribution in [3.63, 3.8) is 0 Å². The number of alkyl halides is 3. The Bertz CT molecular complexity index is 312. The van der Waals surface area contributed by atoms with Gasteiger partial charge in [0.25, 0.3) is 0 Å². The highest BCUT2D eigenvalue weighted by Crippen LogP contribution is 2.34. The maximum absolute atomic E-state index is 12.2. The molecule has 2 N–H and O–H groups in total. The molecule has 72 valence electrons. The van der Waals surface area contributed by atoms with Crippen molar-refractivity contribution in [1.82, 2.24) is 9.97 Å². The number of halogens is 3. The molecule has 0 aliphatic carbocycles. The molecule has 0 amide bonds. The molecule has 0 radical (unpaired) electrons. The number of anilines is 1. The van der Waals surface area contributed by atoms with Gasteiger partial charge in [0, 0.05) is 6.20 Å². The van der Waals surface area contributed by atoms with E-state index in [0.29, 0.717) is 6.20 Å². The van der Waals surface area contributed by atoms with E-state index < -0.39 is 11.7 Å². The zero-order valence-electron chi connectivity index (χ0n) is 6.59. The Morgan fingerprint density at radius 2 is 2.08 bits per heavy atom. The summed E-state index contributed by atoms with van der Waals surface area (Å²) in [5, 5.41) is -0.153. The first-order valence-electron chi connectivity index (χ1n) is 3.19. The lowest BCUT2D eigenvalue weighted by molar-refractivity contribution is -0.140. The van der Waals surface area contributed by atoms with E-state index >= 15 is 0 Å². The van der Waals surface area contributed by atoms with Crippen LogP contribution in [0.1, 0.15) is 5.56 Å². The number of hydrogen-bond donors (Lipinski definition) is 1. The Labute approximate surface area is 76.6 Å². The molecule has 0 aliphatic heterocycles. The average Bonchev–Trinajstić information content (AvgIpc) is 2.01. The van der Waals surface area contributed by atoms with Crippen LogP contribution in [0, 0.1) is 0 Å². The van der Waals surface area contributed by atoms with E-state index in [-0.39, 0.29) is 11.0 Å². The van der Waals surface area contributed by atoms with Crippen LogP contribution in [0.3, 0.4) is 0 Å². The minimum Gasteiger partial charge on any atom is -0.368 e. The molecule has 1 rings (SSSR count). The van der Waals surface area contributed by atoms with Crippen LogP contribution in [-0.4, -0.2) is 16.2 Å². The summed E-state index contributed by atoms with van der Waals surface area (Å²) in [5.74, 6) is -0.155. The van der Waals surface area contributed by atoms with Gasteiger partial charge in [-0.3, -0.25) is 0 Å². The van der Waals surface area contributed by atoms with Crippen molar-refractivity contribution in [3.05, 3.63) is 11.8 Å². The summed E-state index contributed by atoms with van der Waals surface area (Å²) < 4.78 is 36.7. The average molecular weight is 209 g/mol. The maximum atomic E-state index is 12.2. The topological polar surface area (TPSA) is 51.8 Å². The molecule has 3 nitrogen and oxygen atoms in total. The van der Waals surface area contributed by atoms with Crippen LogP contribution >= 0.6 is 11.8 Å². The van der Waals surface area contributed by atoms with E-state index in [1.54, 1.807) is 0 Å². The summed E-state index contributed by atoms with van der Waals surface area (Å²) in [7, 11) is 0. The van der Waals surface area contributed by atoms with Crippen LogP contribution in [0.2, 0.25) is 0 Å². The Morgan fingerprint density at radius 1 is 1.46 bits per heavy atom. The molecule has 0 saturated carbocycles. The van der Waals surface area contributed by atoms with Crippen LogP contribution in [-0.2, 0) is 6.18 Å². The Morgan fingerprint density at radius 3 is 2.54 bits per heavy atom. The van der Waals surface area contributed by atoms with E-state index in [0.717, 1.165) is 11.8 Å². The van der Waals surface area contributed by atoms with Crippen molar-refractivity contribution in [2.45, 2.75) is 11.2 Å². The smallest absolute Gasteiger partial charge is 0.368 e. The number of nitrogens with zero attached hydrogens (tertiary/aromatic N) is 2. The Balaban J connectivity index is 3.22. The van der Waals surface area contributed by atoms with Crippen molar-refractivity contribution >= 4 is 17.7 Å². The van der Waals surface area contributed by atoms with E-state index in [9.17, 15) is 13.2 Å². The second-order valence-electron chi connectivity index (χ2n) is 2.15. The molecule has 1 heterocycles. The summed E-state index contributed by atoms with van der Waals surface area (Å²) in [6, 6.07) is 0. The molecule has 0 aromatic carbocycles. The maximum Gasteiger partial charge on any atom is 0.420 e. The Hall–Kier alpha value is -0.980. The lowest BCUT2D eigenvalue weighted by atomic mass is 10.3. The van der Waals surface area contributed by atoms with Gasteiger partial charge in [-0.2, -0.15) is 13.2 Å². The first-order valence-corrected chi connectivity index (χ1v) is 4.41. The molecule has 1 aromatic rings. The monoisotopic (exact) mass is 209 g/mol. The van der Waals surface area contributed by atoms with Gasteiger partial charge in [-0.15, -0.1) is 11.8 Å². The quantitative estimate of drug-likeness (QED) is 0.566. The molecular weight excluding hydrogens is 203 g/mol. The molecule has 0 aliphatic rings. The van der Waals surface area contributed by atoms with Crippen molar-refractivity contribution in [2.24, 2.45) is 0 Å². The Kier molecular flexibility index (Phi) is 2.65. The fraction of sp³-hybridized carbons (Fsp3) is 0.333. The standard InChI is InChI=1S/C6H6F3N3S/c1-13-4-3(6(7,8)9)2-11-5(10)12-4/h2H,1H3,(H2,10,11,12). The molecule has 13 heavy (non-hydrogen) atoms. The highest BCUT2D eigenvalue weighted by Gasteiger charge is 2.34. The largest absolute Gasteiger partial charge is 0.420 e. The van der Waals surface area contributed by atoms with Crippen molar-refractivity contribution in [2.75, 3.05) is 12.0 Å². The number of nitrogens with two attached hydrogens (primary N) is 1. The van der Waals surface area contributed by atoms with E-state index in [4.69, 9.17) is 5.73 Å². The van der Waals surface area contributed by atoms with Crippen LogP contribution < -0.4 is 5.73 Å². The van der Waals surface area contributed by atoms with Crippen LogP contribution in [0.5, 0.6) is 0 Å². The summed E-state index contributed by atoms with van der Waals surface area (Å²) in [5.41, 5.74) is 4.29. The van der Waals surface area contributed by atoms with Gasteiger partial charge in [0.2, 0.25) is 5.95 Å². The first-order chi connectivity index (χ1) is 5.95. The third kappa shape index (κ3) is 2.24. The number of aromatic nitrogens is 2. The predicted molar refractivity (Wildman–Crippen MR) is 43.2 cm³/mol. The second-order valence-corrected chi connectivity index (χ2v) is 2.94. The van der Waals surface area contributed by atoms with Crippen LogP contribution in [0.15, 0.2) is 11.2 Å². The normalized spacial score (nSPS) is 11.7. The minimum absolute atomic E-state index is 0.153. The van der Waals surface area contributed by atoms with Crippen molar-refractivity contribution in [3.8, 4) is 0 Å². The summed E-state index contributed by atoms with van der Waals surface area (Å²) in [6.45, 7) is 0. The van der Waals surface area contributed by atoms with Crippen LogP contribution in [0.25, 0.3) is 0 Å². The molecule has 0 atom stereocenters. The van der Waals surface area contributed by atoms with Gasteiger partial charge < -0.3 is 5.73 Å². The van der Waals surface area contributed by atoms with Crippen molar-refractivity contribution in [1.29, 1.82) is 0 Å². The fourth-order valence-electron chi connectivity index (χ4n) is 0.729. The molecule has 0 spiro atoms. The van der Waals surface area contributed by atoms with Gasteiger partial charge in [0.1, 0.15) is 10.6 Å². The van der Waals surface area contributed by atoms with E-state index in [1.807, 2.05) is 0 Å². The fourth-order valence-corrected chi connectivity index (χ4v) is 1.30. The number of rotatable bonds is 1. The number of nitrogen functional groups attached to an aromatic ring is 1. The SMILES string of the molecule is CSc1nc(N)ncc1C(F)(F)F. The van der Waals surface area contributed by atoms with Gasteiger partial charge in [0.05, 0.1) is 0 Å². The molecule has 1 aromatic heterocycles. The van der Waals surface area contributed by atoms with Crippen molar-refractivity contribution < 1.29 is 13.2 Å². The molecule has 0 bridgehead atoms. The van der Waals surface area contributed by atoms with Gasteiger partial charge in [0.15, 0.2) is 0 Å². The summed E-state index contributed by atoms with van der Waals surface area (Å²) in [6.07, 6.45) is -2.24. The van der Waals surface area contributed by atoms with Gasteiger partial charge in [-0.05, 0) is 6.26 Å². The number of thioether (sulfide) groups is 1. The second kappa shape index (κ2) is 3.41. The van der Waals surface area contributed by atoms with Gasteiger partial charge >= 0.3 is 6.18 Å². The first kappa shape index (κ1) is 10.1. The predicted octanol–water partition coefficient (Wildman–Crippen LogP) is 1.80. The number of hydrogen-bond acceptors (Lipinski definition) is 4. The molecular formula is C6H6F3N3S. The van der Waals surface area contributed by atoms with E-state index in [1.165, 1.54) is 6.26 Å².